The summed E-state index contributed by atoms with van der Waals surface area (Å²) in [4.78, 5) is 36.6. The molecule has 0 aliphatic carbocycles. The highest BCUT2D eigenvalue weighted by molar-refractivity contribution is 6.35. The molecule has 0 bridgehead atoms. The van der Waals surface area contributed by atoms with E-state index in [-0.39, 0.29) is 6.61 Å². The van der Waals surface area contributed by atoms with Gasteiger partial charge in [-0.25, -0.2) is 0 Å². The summed E-state index contributed by atoms with van der Waals surface area (Å²) in [6, 6.07) is 6.50. The molecule has 1 heterocycles. The first kappa shape index (κ1) is 17.1. The molecule has 2 N–H and O–H groups in total. The van der Waals surface area contributed by atoms with Gasteiger partial charge in [-0.3, -0.25) is 25.2 Å². The summed E-state index contributed by atoms with van der Waals surface area (Å²) in [6.45, 7) is 0.847. The van der Waals surface area contributed by atoms with E-state index in [4.69, 9.17) is 16.3 Å². The van der Waals surface area contributed by atoms with E-state index in [1.165, 1.54) is 4.90 Å². The summed E-state index contributed by atoms with van der Waals surface area (Å²) >= 11 is 5.73. The number of amides is 3. The molecule has 7 nitrogen and oxygen atoms in total. The van der Waals surface area contributed by atoms with Crippen molar-refractivity contribution in [1.82, 2.24) is 15.8 Å². The number of hydrazine groups is 1. The lowest BCUT2D eigenvalue weighted by atomic mass is 10.1. The standard InChI is InChI=1S/C15H18ClN3O4/c16-11-4-6-12(7-5-11)23-10-13(20)17-18-14(21)15(22)19-8-2-1-3-9-19/h4-7H,1-3,8-10H2,(H,17,20)(H,18,21). The number of carbonyl (C=O) groups is 3. The number of hydrogen-bond acceptors (Lipinski definition) is 4. The van der Waals surface area contributed by atoms with E-state index in [1.807, 2.05) is 0 Å². The quantitative estimate of drug-likeness (QED) is 0.632. The molecule has 1 aromatic rings. The van der Waals surface area contributed by atoms with Crippen molar-refractivity contribution in [2.24, 2.45) is 0 Å². The molecule has 8 heteroatoms. The number of piperidine rings is 1. The fourth-order valence-electron chi connectivity index (χ4n) is 2.14. The van der Waals surface area contributed by atoms with E-state index in [2.05, 4.69) is 10.9 Å². The van der Waals surface area contributed by atoms with Crippen molar-refractivity contribution in [3.05, 3.63) is 29.3 Å². The number of rotatable bonds is 3. The zero-order chi connectivity index (χ0) is 16.7. The number of halogens is 1. The zero-order valence-electron chi connectivity index (χ0n) is 12.5. The van der Waals surface area contributed by atoms with Gasteiger partial charge < -0.3 is 9.64 Å². The van der Waals surface area contributed by atoms with Crippen molar-refractivity contribution in [1.29, 1.82) is 0 Å². The Hall–Kier alpha value is -2.28. The lowest BCUT2D eigenvalue weighted by molar-refractivity contribution is -0.147. The third kappa shape index (κ3) is 5.45. The molecule has 124 valence electrons. The van der Waals surface area contributed by atoms with Gasteiger partial charge in [0.2, 0.25) is 0 Å². The maximum Gasteiger partial charge on any atom is 0.327 e. The van der Waals surface area contributed by atoms with Crippen LogP contribution in [0.4, 0.5) is 0 Å². The van der Waals surface area contributed by atoms with Crippen LogP contribution in [-0.4, -0.2) is 42.3 Å². The smallest absolute Gasteiger partial charge is 0.327 e. The summed E-state index contributed by atoms with van der Waals surface area (Å²) < 4.78 is 5.21. The second-order valence-electron chi connectivity index (χ2n) is 5.10. The van der Waals surface area contributed by atoms with Gasteiger partial charge in [0.05, 0.1) is 0 Å². The molecule has 0 spiro atoms. The molecule has 3 amide bonds. The summed E-state index contributed by atoms with van der Waals surface area (Å²) in [5.41, 5.74) is 4.24. The molecule has 1 aliphatic heterocycles. The van der Waals surface area contributed by atoms with Crippen LogP contribution >= 0.6 is 11.6 Å². The van der Waals surface area contributed by atoms with Crippen molar-refractivity contribution in [3.63, 3.8) is 0 Å². The van der Waals surface area contributed by atoms with Crippen LogP contribution in [0.15, 0.2) is 24.3 Å². The van der Waals surface area contributed by atoms with Gasteiger partial charge in [0, 0.05) is 18.1 Å². The van der Waals surface area contributed by atoms with Crippen molar-refractivity contribution < 1.29 is 19.1 Å². The number of nitrogens with one attached hydrogen (secondary N) is 2. The van der Waals surface area contributed by atoms with Crippen LogP contribution in [0.25, 0.3) is 0 Å². The maximum atomic E-state index is 11.8. The van der Waals surface area contributed by atoms with Gasteiger partial charge >= 0.3 is 11.8 Å². The Morgan fingerprint density at radius 2 is 1.70 bits per heavy atom. The molecule has 1 aromatic carbocycles. The molecule has 0 aromatic heterocycles. The van der Waals surface area contributed by atoms with E-state index >= 15 is 0 Å². The molecule has 1 saturated heterocycles. The minimum Gasteiger partial charge on any atom is -0.484 e. The molecule has 0 unspecified atom stereocenters. The van der Waals surface area contributed by atoms with Crippen LogP contribution in [0.5, 0.6) is 5.75 Å². The van der Waals surface area contributed by atoms with Crippen molar-refractivity contribution in [2.45, 2.75) is 19.3 Å². The van der Waals surface area contributed by atoms with Crippen LogP contribution < -0.4 is 15.6 Å². The van der Waals surface area contributed by atoms with E-state index in [1.54, 1.807) is 24.3 Å². The van der Waals surface area contributed by atoms with Gasteiger partial charge in [-0.2, -0.15) is 0 Å². The summed E-state index contributed by atoms with van der Waals surface area (Å²) in [5, 5.41) is 0.560. The Balaban J connectivity index is 1.69. The Kier molecular flexibility index (Phi) is 6.22. The number of ether oxygens (including phenoxy) is 1. The molecule has 23 heavy (non-hydrogen) atoms. The van der Waals surface area contributed by atoms with Gasteiger partial charge in [-0.15, -0.1) is 0 Å². The average molecular weight is 340 g/mol. The zero-order valence-corrected chi connectivity index (χ0v) is 13.3. The number of hydrogen-bond donors (Lipinski definition) is 2. The largest absolute Gasteiger partial charge is 0.484 e. The third-order valence-corrected chi connectivity index (χ3v) is 3.59. The molecular formula is C15H18ClN3O4. The second kappa shape index (κ2) is 8.38. The van der Waals surface area contributed by atoms with Gasteiger partial charge in [0.1, 0.15) is 5.75 Å². The van der Waals surface area contributed by atoms with Crippen molar-refractivity contribution in [2.75, 3.05) is 19.7 Å². The summed E-state index contributed by atoms with van der Waals surface area (Å²) in [6.07, 6.45) is 2.84. The van der Waals surface area contributed by atoms with E-state index in [0.717, 1.165) is 19.3 Å². The van der Waals surface area contributed by atoms with Gasteiger partial charge in [0.15, 0.2) is 6.61 Å². The first-order chi connectivity index (χ1) is 11.1. The highest BCUT2D eigenvalue weighted by atomic mass is 35.5. The lowest BCUT2D eigenvalue weighted by Crippen LogP contribution is -2.51. The average Bonchev–Trinajstić information content (AvgIpc) is 2.59. The molecule has 0 radical (unpaired) electrons. The second-order valence-corrected chi connectivity index (χ2v) is 5.53. The molecule has 1 aliphatic rings. The predicted molar refractivity (Wildman–Crippen MR) is 83.7 cm³/mol. The highest BCUT2D eigenvalue weighted by Gasteiger charge is 2.23. The van der Waals surface area contributed by atoms with Crippen LogP contribution in [0.1, 0.15) is 19.3 Å². The third-order valence-electron chi connectivity index (χ3n) is 3.34. The Labute approximate surface area is 138 Å². The van der Waals surface area contributed by atoms with Crippen molar-refractivity contribution in [3.8, 4) is 5.75 Å². The van der Waals surface area contributed by atoms with Gasteiger partial charge in [-0.1, -0.05) is 11.6 Å². The Morgan fingerprint density at radius 1 is 1.04 bits per heavy atom. The molecule has 0 saturated carbocycles. The SMILES string of the molecule is O=C(COc1ccc(Cl)cc1)NNC(=O)C(=O)N1CCCCC1. The van der Waals surface area contributed by atoms with Crippen LogP contribution in [0.2, 0.25) is 5.02 Å². The fraction of sp³-hybridized carbons (Fsp3) is 0.400. The topological polar surface area (TPSA) is 87.7 Å². The number of benzene rings is 1. The van der Waals surface area contributed by atoms with Crippen LogP contribution in [-0.2, 0) is 14.4 Å². The Morgan fingerprint density at radius 3 is 2.35 bits per heavy atom. The number of carbonyl (C=O) groups excluding carboxylic acids is 3. The van der Waals surface area contributed by atoms with E-state index in [0.29, 0.717) is 23.9 Å². The minimum absolute atomic E-state index is 0.292. The molecular weight excluding hydrogens is 322 g/mol. The molecule has 0 atom stereocenters. The van der Waals surface area contributed by atoms with Crippen molar-refractivity contribution >= 4 is 29.3 Å². The summed E-state index contributed by atoms with van der Waals surface area (Å²) in [7, 11) is 0. The maximum absolute atomic E-state index is 11.8. The van der Waals surface area contributed by atoms with E-state index in [9.17, 15) is 14.4 Å². The van der Waals surface area contributed by atoms with Crippen LogP contribution in [0, 0.1) is 0 Å². The van der Waals surface area contributed by atoms with E-state index < -0.39 is 17.7 Å². The monoisotopic (exact) mass is 339 g/mol. The normalized spacial score (nSPS) is 14.0. The minimum atomic E-state index is -0.855. The summed E-state index contributed by atoms with van der Waals surface area (Å²) in [5.74, 6) is -1.59. The fourth-order valence-corrected chi connectivity index (χ4v) is 2.26. The van der Waals surface area contributed by atoms with Gasteiger partial charge in [0.25, 0.3) is 5.91 Å². The Bertz CT molecular complexity index is 571. The molecule has 2 rings (SSSR count). The number of nitrogens with zero attached hydrogens (tertiary/aromatic N) is 1. The lowest BCUT2D eigenvalue weighted by Gasteiger charge is -2.25. The first-order valence-corrected chi connectivity index (χ1v) is 7.70. The predicted octanol–water partition coefficient (Wildman–Crippen LogP) is 0.879. The molecule has 1 fully saturated rings. The van der Waals surface area contributed by atoms with Crippen LogP contribution in [0.3, 0.4) is 0 Å². The number of likely N-dealkylation sites (tertiary alicyclic amines) is 1. The first-order valence-electron chi connectivity index (χ1n) is 7.33. The highest BCUT2D eigenvalue weighted by Crippen LogP contribution is 2.15. The van der Waals surface area contributed by atoms with Gasteiger partial charge in [-0.05, 0) is 43.5 Å².